The smallest absolute Gasteiger partial charge is 0.416 e. The first kappa shape index (κ1) is 23.1. The number of carbonyl (C=O) groups excluding carboxylic acids is 1. The van der Waals surface area contributed by atoms with Gasteiger partial charge in [-0.1, -0.05) is 24.3 Å². The number of amides is 1. The molecule has 0 atom stereocenters. The summed E-state index contributed by atoms with van der Waals surface area (Å²) in [6.07, 6.45) is -4.37. The Labute approximate surface area is 173 Å². The number of hydrogen-bond acceptors (Lipinski definition) is 3. The van der Waals surface area contributed by atoms with Crippen LogP contribution >= 0.6 is 0 Å². The summed E-state index contributed by atoms with van der Waals surface area (Å²) < 4.78 is 43.9. The third-order valence-corrected chi connectivity index (χ3v) is 4.04. The lowest BCUT2D eigenvalue weighted by Crippen LogP contribution is -2.36. The van der Waals surface area contributed by atoms with Crippen molar-refractivity contribution in [1.29, 1.82) is 0 Å². The molecule has 2 aromatic rings. The fraction of sp³-hybridized carbons (Fsp3) is 0.333. The Bertz CT molecular complexity index is 869. The van der Waals surface area contributed by atoms with Crippen LogP contribution in [0.25, 0.3) is 0 Å². The number of alkyl halides is 3. The molecule has 0 bridgehead atoms. The fourth-order valence-corrected chi connectivity index (χ4v) is 2.59. The second kappa shape index (κ2) is 11.1. The van der Waals surface area contributed by atoms with Crippen LogP contribution in [0.4, 0.5) is 13.2 Å². The van der Waals surface area contributed by atoms with Gasteiger partial charge in [0.15, 0.2) is 12.6 Å². The van der Waals surface area contributed by atoms with Crippen molar-refractivity contribution >= 4 is 11.9 Å². The summed E-state index contributed by atoms with van der Waals surface area (Å²) in [4.78, 5) is 15.6. The number of halogens is 3. The van der Waals surface area contributed by atoms with Gasteiger partial charge in [0.1, 0.15) is 5.75 Å². The normalized spacial score (nSPS) is 11.7. The maximum absolute atomic E-state index is 12.8. The molecule has 2 rings (SSSR count). The lowest BCUT2D eigenvalue weighted by Gasteiger charge is -2.14. The predicted octanol–water partition coefficient (Wildman–Crippen LogP) is 3.09. The van der Waals surface area contributed by atoms with Gasteiger partial charge in [-0.15, -0.1) is 0 Å². The number of hydrogen-bond donors (Lipinski definition) is 3. The Morgan fingerprint density at radius 2 is 1.63 bits per heavy atom. The van der Waals surface area contributed by atoms with E-state index in [9.17, 15) is 18.0 Å². The van der Waals surface area contributed by atoms with Crippen molar-refractivity contribution in [2.75, 3.05) is 20.2 Å². The number of benzene rings is 2. The van der Waals surface area contributed by atoms with Crippen LogP contribution in [0.15, 0.2) is 53.5 Å². The van der Waals surface area contributed by atoms with Crippen molar-refractivity contribution in [3.8, 4) is 5.75 Å². The molecule has 2 aromatic carbocycles. The van der Waals surface area contributed by atoms with E-state index in [2.05, 4.69) is 20.9 Å². The quantitative estimate of drug-likeness (QED) is 0.452. The van der Waals surface area contributed by atoms with Crippen LogP contribution in [0.3, 0.4) is 0 Å². The maximum Gasteiger partial charge on any atom is 0.416 e. The molecule has 0 unspecified atom stereocenters. The number of carbonyl (C=O) groups is 1. The van der Waals surface area contributed by atoms with Gasteiger partial charge in [0.2, 0.25) is 0 Å². The number of rotatable bonds is 8. The molecule has 0 spiro atoms. The number of ether oxygens (including phenoxy) is 1. The van der Waals surface area contributed by atoms with Crippen molar-refractivity contribution in [3.63, 3.8) is 0 Å². The first-order chi connectivity index (χ1) is 14.3. The highest BCUT2D eigenvalue weighted by atomic mass is 19.4. The number of nitrogens with one attached hydrogen (secondary N) is 3. The predicted molar refractivity (Wildman–Crippen MR) is 109 cm³/mol. The first-order valence-electron chi connectivity index (χ1n) is 9.41. The molecule has 0 aromatic heterocycles. The van der Waals surface area contributed by atoms with Crippen molar-refractivity contribution in [2.45, 2.75) is 26.2 Å². The molecule has 30 heavy (non-hydrogen) atoms. The van der Waals surface area contributed by atoms with E-state index < -0.39 is 11.7 Å². The second-order valence-corrected chi connectivity index (χ2v) is 6.37. The van der Waals surface area contributed by atoms with Crippen LogP contribution in [0.5, 0.6) is 5.75 Å². The molecule has 0 aliphatic rings. The largest absolute Gasteiger partial charge is 0.484 e. The van der Waals surface area contributed by atoms with Gasteiger partial charge in [0, 0.05) is 26.7 Å². The summed E-state index contributed by atoms with van der Waals surface area (Å²) in [5.41, 5.74) is 0.702. The van der Waals surface area contributed by atoms with Crippen LogP contribution in [-0.2, 0) is 24.1 Å². The Hall–Kier alpha value is -3.23. The molecule has 1 amide bonds. The van der Waals surface area contributed by atoms with E-state index in [0.29, 0.717) is 30.4 Å². The van der Waals surface area contributed by atoms with Gasteiger partial charge in [-0.2, -0.15) is 13.2 Å². The first-order valence-corrected chi connectivity index (χ1v) is 9.41. The van der Waals surface area contributed by atoms with Crippen molar-refractivity contribution < 1.29 is 22.7 Å². The summed E-state index contributed by atoms with van der Waals surface area (Å²) in [6, 6.07) is 12.4. The molecular weight excluding hydrogens is 397 g/mol. The summed E-state index contributed by atoms with van der Waals surface area (Å²) in [5.74, 6) is 0.814. The summed E-state index contributed by atoms with van der Waals surface area (Å²) in [5, 5.41) is 8.74. The third-order valence-electron chi connectivity index (χ3n) is 4.04. The number of aliphatic imine (C=N–C) groups is 1. The highest BCUT2D eigenvalue weighted by Crippen LogP contribution is 2.29. The minimum Gasteiger partial charge on any atom is -0.484 e. The van der Waals surface area contributed by atoms with Crippen LogP contribution in [0, 0.1) is 0 Å². The fourth-order valence-electron chi connectivity index (χ4n) is 2.59. The van der Waals surface area contributed by atoms with Gasteiger partial charge in [0.05, 0.1) is 5.56 Å². The van der Waals surface area contributed by atoms with Crippen molar-refractivity contribution in [2.24, 2.45) is 4.99 Å². The highest BCUT2D eigenvalue weighted by Gasteiger charge is 2.30. The molecular formula is C21H25F3N4O2. The molecule has 0 aliphatic heterocycles. The van der Waals surface area contributed by atoms with Gasteiger partial charge in [-0.25, -0.2) is 0 Å². The van der Waals surface area contributed by atoms with Gasteiger partial charge < -0.3 is 20.7 Å². The van der Waals surface area contributed by atoms with E-state index in [1.807, 2.05) is 19.1 Å². The zero-order valence-corrected chi connectivity index (χ0v) is 16.8. The molecule has 0 fully saturated rings. The molecule has 3 N–H and O–H groups in total. The molecule has 0 aliphatic carbocycles. The third kappa shape index (κ3) is 7.65. The Morgan fingerprint density at radius 1 is 1.00 bits per heavy atom. The minimum atomic E-state index is -4.37. The lowest BCUT2D eigenvalue weighted by molar-refractivity contribution is -0.137. The average molecular weight is 422 g/mol. The van der Waals surface area contributed by atoms with Crippen molar-refractivity contribution in [3.05, 3.63) is 65.2 Å². The molecule has 0 saturated carbocycles. The van der Waals surface area contributed by atoms with Crippen LogP contribution in [0.2, 0.25) is 0 Å². The zero-order valence-electron chi connectivity index (χ0n) is 16.8. The Morgan fingerprint density at radius 3 is 2.23 bits per heavy atom. The topological polar surface area (TPSA) is 74.8 Å². The van der Waals surface area contributed by atoms with E-state index in [1.165, 1.54) is 6.07 Å². The van der Waals surface area contributed by atoms with Gasteiger partial charge in [0.25, 0.3) is 5.91 Å². The van der Waals surface area contributed by atoms with E-state index in [4.69, 9.17) is 4.74 Å². The van der Waals surface area contributed by atoms with Crippen LogP contribution in [-0.4, -0.2) is 32.1 Å². The van der Waals surface area contributed by atoms with E-state index in [-0.39, 0.29) is 19.1 Å². The van der Waals surface area contributed by atoms with Gasteiger partial charge >= 0.3 is 6.18 Å². The number of nitrogens with zero attached hydrogens (tertiary/aromatic N) is 1. The lowest BCUT2D eigenvalue weighted by atomic mass is 10.1. The van der Waals surface area contributed by atoms with Crippen LogP contribution < -0.4 is 20.7 Å². The molecule has 6 nitrogen and oxygen atoms in total. The van der Waals surface area contributed by atoms with Gasteiger partial charge in [-0.05, 0) is 42.3 Å². The summed E-state index contributed by atoms with van der Waals surface area (Å²) >= 11 is 0. The summed E-state index contributed by atoms with van der Waals surface area (Å²) in [7, 11) is 1.58. The molecule has 162 valence electrons. The minimum absolute atomic E-state index is 0.0645. The molecule has 9 heteroatoms. The standard InChI is InChI=1S/C21H25F3N4O2/c1-3-26-19(29)14-30-18-9-5-7-16(11-18)13-28-20(25-2)27-12-15-6-4-8-17(10-15)21(22,23)24/h4-11H,3,12-14H2,1-2H3,(H,26,29)(H2,25,27,28). The SMILES string of the molecule is CCNC(=O)COc1cccc(CNC(=NC)NCc2cccc(C(F)(F)F)c2)c1. The monoisotopic (exact) mass is 422 g/mol. The highest BCUT2D eigenvalue weighted by molar-refractivity contribution is 5.79. The van der Waals surface area contributed by atoms with Crippen molar-refractivity contribution in [1.82, 2.24) is 16.0 Å². The molecule has 0 radical (unpaired) electrons. The van der Waals surface area contributed by atoms with Gasteiger partial charge in [-0.3, -0.25) is 9.79 Å². The Kier molecular flexibility index (Phi) is 8.52. The zero-order chi connectivity index (χ0) is 22.0. The van der Waals surface area contributed by atoms with E-state index in [0.717, 1.165) is 17.7 Å². The number of guanidine groups is 1. The average Bonchev–Trinajstić information content (AvgIpc) is 2.72. The van der Waals surface area contributed by atoms with E-state index >= 15 is 0 Å². The molecule has 0 saturated heterocycles. The maximum atomic E-state index is 12.8. The summed E-state index contributed by atoms with van der Waals surface area (Å²) in [6.45, 7) is 2.92. The van der Waals surface area contributed by atoms with E-state index in [1.54, 1.807) is 25.2 Å². The number of likely N-dealkylation sites (N-methyl/N-ethyl adjacent to an activating group) is 1. The van der Waals surface area contributed by atoms with Crippen LogP contribution in [0.1, 0.15) is 23.6 Å². The molecule has 0 heterocycles. The second-order valence-electron chi connectivity index (χ2n) is 6.37. The Balaban J connectivity index is 1.87.